The van der Waals surface area contributed by atoms with E-state index in [0.717, 1.165) is 31.0 Å². The van der Waals surface area contributed by atoms with Gasteiger partial charge < -0.3 is 10.6 Å². The van der Waals surface area contributed by atoms with Crippen LogP contribution in [-0.2, 0) is 11.2 Å². The average molecular weight is 282 g/mol. The number of amides is 1. The molecule has 1 aromatic rings. The predicted molar refractivity (Wildman–Crippen MR) is 73.0 cm³/mol. The van der Waals surface area contributed by atoms with Crippen LogP contribution in [0, 0.1) is 17.6 Å². The number of carbonyl (C=O) groups excluding carboxylic acids is 1. The molecule has 110 valence electrons. The van der Waals surface area contributed by atoms with Crippen LogP contribution in [0.25, 0.3) is 0 Å². The van der Waals surface area contributed by atoms with Crippen molar-refractivity contribution in [3.63, 3.8) is 0 Å². The number of piperidine rings is 1. The number of nitrogens with two attached hydrogens (primary N) is 1. The smallest absolute Gasteiger partial charge is 0.227 e. The van der Waals surface area contributed by atoms with E-state index in [9.17, 15) is 13.6 Å². The van der Waals surface area contributed by atoms with Crippen LogP contribution in [0.1, 0.15) is 25.3 Å². The lowest BCUT2D eigenvalue weighted by molar-refractivity contribution is -0.132. The summed E-state index contributed by atoms with van der Waals surface area (Å²) < 4.78 is 26.6. The molecule has 0 bridgehead atoms. The van der Waals surface area contributed by atoms with Gasteiger partial charge in [0.25, 0.3) is 0 Å². The van der Waals surface area contributed by atoms with Crippen LogP contribution in [0.15, 0.2) is 18.2 Å². The third kappa shape index (κ3) is 3.54. The molecule has 0 aliphatic carbocycles. The second-order valence-electron chi connectivity index (χ2n) is 5.51. The van der Waals surface area contributed by atoms with Gasteiger partial charge in [0.2, 0.25) is 5.91 Å². The number of carbonyl (C=O) groups is 1. The average Bonchev–Trinajstić information content (AvgIpc) is 2.43. The minimum absolute atomic E-state index is 0.0384. The molecule has 20 heavy (non-hydrogen) atoms. The zero-order valence-corrected chi connectivity index (χ0v) is 11.6. The fourth-order valence-electron chi connectivity index (χ4n) is 2.62. The summed E-state index contributed by atoms with van der Waals surface area (Å²) in [5, 5.41) is 0. The van der Waals surface area contributed by atoms with Gasteiger partial charge in [-0.25, -0.2) is 8.78 Å². The van der Waals surface area contributed by atoms with Crippen molar-refractivity contribution in [2.45, 2.75) is 32.2 Å². The highest BCUT2D eigenvalue weighted by Crippen LogP contribution is 2.20. The Labute approximate surface area is 117 Å². The third-order valence-electron chi connectivity index (χ3n) is 3.90. The number of likely N-dealkylation sites (tertiary alicyclic amines) is 1. The molecule has 1 heterocycles. The van der Waals surface area contributed by atoms with E-state index in [-0.39, 0.29) is 29.9 Å². The molecule has 0 spiro atoms. The van der Waals surface area contributed by atoms with Crippen LogP contribution in [0.5, 0.6) is 0 Å². The lowest BCUT2D eigenvalue weighted by Gasteiger charge is -2.34. The van der Waals surface area contributed by atoms with E-state index in [2.05, 4.69) is 0 Å². The number of hydrogen-bond acceptors (Lipinski definition) is 2. The summed E-state index contributed by atoms with van der Waals surface area (Å²) in [5.41, 5.74) is 5.99. The molecule has 1 saturated heterocycles. The van der Waals surface area contributed by atoms with Gasteiger partial charge >= 0.3 is 0 Å². The van der Waals surface area contributed by atoms with E-state index in [1.54, 1.807) is 4.90 Å². The van der Waals surface area contributed by atoms with Crippen LogP contribution in [0.2, 0.25) is 0 Å². The van der Waals surface area contributed by atoms with Crippen molar-refractivity contribution in [2.75, 3.05) is 13.1 Å². The number of hydrogen-bond donors (Lipinski definition) is 1. The molecular formula is C15H20F2N2O. The summed E-state index contributed by atoms with van der Waals surface area (Å²) in [5.74, 6) is -0.952. The fraction of sp³-hybridized carbons (Fsp3) is 0.533. The highest BCUT2D eigenvalue weighted by Gasteiger charge is 2.26. The third-order valence-corrected chi connectivity index (χ3v) is 3.90. The van der Waals surface area contributed by atoms with Gasteiger partial charge in [0.15, 0.2) is 0 Å². The van der Waals surface area contributed by atoms with Crippen molar-refractivity contribution >= 4 is 5.91 Å². The molecule has 1 amide bonds. The second-order valence-corrected chi connectivity index (χ2v) is 5.51. The monoisotopic (exact) mass is 282 g/mol. The zero-order valence-electron chi connectivity index (χ0n) is 11.6. The van der Waals surface area contributed by atoms with Gasteiger partial charge in [-0.1, -0.05) is 0 Å². The van der Waals surface area contributed by atoms with E-state index in [1.165, 1.54) is 0 Å². The van der Waals surface area contributed by atoms with Gasteiger partial charge in [0, 0.05) is 24.7 Å². The van der Waals surface area contributed by atoms with Crippen LogP contribution in [-0.4, -0.2) is 29.9 Å². The number of nitrogens with zero attached hydrogens (tertiary/aromatic N) is 1. The Balaban J connectivity index is 2.02. The van der Waals surface area contributed by atoms with Gasteiger partial charge in [0.1, 0.15) is 11.6 Å². The maximum absolute atomic E-state index is 13.5. The van der Waals surface area contributed by atoms with Gasteiger partial charge in [-0.3, -0.25) is 4.79 Å². The lowest BCUT2D eigenvalue weighted by atomic mass is 9.92. The van der Waals surface area contributed by atoms with Crippen molar-refractivity contribution in [2.24, 2.45) is 11.7 Å². The van der Waals surface area contributed by atoms with Crippen LogP contribution >= 0.6 is 0 Å². The molecule has 0 aromatic heterocycles. The van der Waals surface area contributed by atoms with E-state index in [0.29, 0.717) is 13.1 Å². The van der Waals surface area contributed by atoms with E-state index >= 15 is 0 Å². The van der Waals surface area contributed by atoms with E-state index in [1.807, 2.05) is 6.92 Å². The maximum atomic E-state index is 13.5. The number of halogens is 2. The van der Waals surface area contributed by atoms with Crippen LogP contribution < -0.4 is 5.73 Å². The molecule has 2 N–H and O–H groups in total. The van der Waals surface area contributed by atoms with Crippen LogP contribution in [0.3, 0.4) is 0 Å². The molecule has 1 aromatic carbocycles. The summed E-state index contributed by atoms with van der Waals surface area (Å²) in [6.07, 6.45) is 1.81. The minimum Gasteiger partial charge on any atom is -0.342 e. The largest absolute Gasteiger partial charge is 0.342 e. The van der Waals surface area contributed by atoms with E-state index < -0.39 is 11.6 Å². The van der Waals surface area contributed by atoms with Crippen LogP contribution in [0.4, 0.5) is 8.78 Å². The van der Waals surface area contributed by atoms with Gasteiger partial charge in [-0.15, -0.1) is 0 Å². The second kappa shape index (κ2) is 6.31. The molecule has 3 nitrogen and oxygen atoms in total. The Hall–Kier alpha value is -1.49. The summed E-state index contributed by atoms with van der Waals surface area (Å²) in [6, 6.07) is 3.23. The maximum Gasteiger partial charge on any atom is 0.227 e. The molecule has 0 unspecified atom stereocenters. The molecule has 1 aliphatic heterocycles. The molecule has 0 saturated carbocycles. The Morgan fingerprint density at radius 2 is 2.25 bits per heavy atom. The van der Waals surface area contributed by atoms with Crippen molar-refractivity contribution in [1.29, 1.82) is 0 Å². The standard InChI is InChI=1S/C15H20F2N2O/c1-10(18)11-3-2-6-19(9-11)15(20)8-12-7-13(16)4-5-14(12)17/h4-5,7,10-11H,2-3,6,8-9,18H2,1H3/t10-,11+/m1/s1. The summed E-state index contributed by atoms with van der Waals surface area (Å²) in [7, 11) is 0. The van der Waals surface area contributed by atoms with Gasteiger partial charge in [0.05, 0.1) is 6.42 Å². The molecule has 0 radical (unpaired) electrons. The molecule has 2 rings (SSSR count). The van der Waals surface area contributed by atoms with Gasteiger partial charge in [-0.2, -0.15) is 0 Å². The molecule has 1 aliphatic rings. The molecule has 2 atom stereocenters. The lowest BCUT2D eigenvalue weighted by Crippen LogP contribution is -2.45. The van der Waals surface area contributed by atoms with Gasteiger partial charge in [-0.05, 0) is 43.9 Å². The Morgan fingerprint density at radius 3 is 2.95 bits per heavy atom. The van der Waals surface area contributed by atoms with Crippen molar-refractivity contribution in [3.8, 4) is 0 Å². The topological polar surface area (TPSA) is 46.3 Å². The highest BCUT2D eigenvalue weighted by atomic mass is 19.1. The quantitative estimate of drug-likeness (QED) is 0.922. The highest BCUT2D eigenvalue weighted by molar-refractivity contribution is 5.79. The fourth-order valence-corrected chi connectivity index (χ4v) is 2.62. The SMILES string of the molecule is C[C@@H](N)[C@H]1CCCN(C(=O)Cc2cc(F)ccc2F)C1. The normalized spacial score (nSPS) is 20.8. The summed E-state index contributed by atoms with van der Waals surface area (Å²) in [4.78, 5) is 13.9. The molecule has 1 fully saturated rings. The zero-order chi connectivity index (χ0) is 14.7. The Kier molecular flexibility index (Phi) is 4.70. The predicted octanol–water partition coefficient (Wildman–Crippen LogP) is 2.09. The number of rotatable bonds is 3. The first-order valence-electron chi connectivity index (χ1n) is 6.94. The molecule has 5 heteroatoms. The molecular weight excluding hydrogens is 262 g/mol. The first-order valence-corrected chi connectivity index (χ1v) is 6.94. The summed E-state index contributed by atoms with van der Waals surface area (Å²) >= 11 is 0. The van der Waals surface area contributed by atoms with E-state index in [4.69, 9.17) is 5.73 Å². The number of benzene rings is 1. The Morgan fingerprint density at radius 1 is 1.50 bits per heavy atom. The van der Waals surface area contributed by atoms with Crippen molar-refractivity contribution in [1.82, 2.24) is 4.90 Å². The van der Waals surface area contributed by atoms with Crippen molar-refractivity contribution < 1.29 is 13.6 Å². The first-order chi connectivity index (χ1) is 9.47. The van der Waals surface area contributed by atoms with Crippen molar-refractivity contribution in [3.05, 3.63) is 35.4 Å². The first kappa shape index (κ1) is 14.9. The minimum atomic E-state index is -0.541. The summed E-state index contributed by atoms with van der Waals surface area (Å²) in [6.45, 7) is 3.21. The Bertz CT molecular complexity index is 491.